The standard InChI is InChI=1S/C12H17NO3/c1-2-15-8-9-16-12(14)10-13-11-6-4-3-5-7-11/h3-7,13H,2,8-10H2,1H3. The third kappa shape index (κ3) is 5.36. The van der Waals surface area contributed by atoms with E-state index in [4.69, 9.17) is 9.47 Å². The molecule has 88 valence electrons. The Kier molecular flexibility index (Phi) is 6.03. The second kappa shape index (κ2) is 7.70. The van der Waals surface area contributed by atoms with Crippen LogP contribution in [-0.4, -0.2) is 32.3 Å². The van der Waals surface area contributed by atoms with E-state index in [9.17, 15) is 4.79 Å². The van der Waals surface area contributed by atoms with Gasteiger partial charge in [-0.25, -0.2) is 0 Å². The molecule has 16 heavy (non-hydrogen) atoms. The van der Waals surface area contributed by atoms with E-state index in [0.29, 0.717) is 19.8 Å². The highest BCUT2D eigenvalue weighted by atomic mass is 16.6. The molecule has 0 unspecified atom stereocenters. The summed E-state index contributed by atoms with van der Waals surface area (Å²) in [6.07, 6.45) is 0. The SMILES string of the molecule is CCOCCOC(=O)CNc1ccccc1. The van der Waals surface area contributed by atoms with Gasteiger partial charge in [0.1, 0.15) is 13.2 Å². The molecule has 1 rings (SSSR count). The zero-order valence-corrected chi connectivity index (χ0v) is 9.44. The third-order valence-electron chi connectivity index (χ3n) is 1.91. The van der Waals surface area contributed by atoms with Gasteiger partial charge in [0.25, 0.3) is 0 Å². The van der Waals surface area contributed by atoms with Gasteiger partial charge in [0.2, 0.25) is 0 Å². The van der Waals surface area contributed by atoms with E-state index in [1.54, 1.807) is 0 Å². The Morgan fingerprint density at radius 2 is 2.00 bits per heavy atom. The molecule has 0 spiro atoms. The fraction of sp³-hybridized carbons (Fsp3) is 0.417. The first kappa shape index (κ1) is 12.5. The van der Waals surface area contributed by atoms with Crippen LogP contribution in [0.25, 0.3) is 0 Å². The highest BCUT2D eigenvalue weighted by molar-refractivity contribution is 5.74. The minimum absolute atomic E-state index is 0.177. The molecule has 0 fully saturated rings. The van der Waals surface area contributed by atoms with Crippen LogP contribution in [0, 0.1) is 0 Å². The van der Waals surface area contributed by atoms with Gasteiger partial charge in [-0.3, -0.25) is 4.79 Å². The van der Waals surface area contributed by atoms with Crippen molar-refractivity contribution < 1.29 is 14.3 Å². The van der Waals surface area contributed by atoms with Gasteiger partial charge in [-0.05, 0) is 19.1 Å². The maximum absolute atomic E-state index is 11.2. The highest BCUT2D eigenvalue weighted by Gasteiger charge is 2.01. The van der Waals surface area contributed by atoms with Crippen molar-refractivity contribution >= 4 is 11.7 Å². The molecule has 0 saturated heterocycles. The normalized spacial score (nSPS) is 9.81. The van der Waals surface area contributed by atoms with E-state index in [0.717, 1.165) is 5.69 Å². The Labute approximate surface area is 95.6 Å². The topological polar surface area (TPSA) is 47.6 Å². The lowest BCUT2D eigenvalue weighted by atomic mass is 10.3. The molecule has 1 aromatic rings. The van der Waals surface area contributed by atoms with E-state index in [1.165, 1.54) is 0 Å². The molecule has 0 saturated carbocycles. The zero-order chi connectivity index (χ0) is 11.6. The van der Waals surface area contributed by atoms with Crippen LogP contribution in [0.15, 0.2) is 30.3 Å². The average Bonchev–Trinajstić information content (AvgIpc) is 2.33. The lowest BCUT2D eigenvalue weighted by Crippen LogP contribution is -2.19. The summed E-state index contributed by atoms with van der Waals surface area (Å²) >= 11 is 0. The zero-order valence-electron chi connectivity index (χ0n) is 9.44. The molecule has 0 heterocycles. The van der Waals surface area contributed by atoms with E-state index in [-0.39, 0.29) is 12.5 Å². The van der Waals surface area contributed by atoms with Gasteiger partial charge in [0.05, 0.1) is 6.61 Å². The van der Waals surface area contributed by atoms with Crippen molar-refractivity contribution in [2.75, 3.05) is 31.7 Å². The summed E-state index contributed by atoms with van der Waals surface area (Å²) in [6.45, 7) is 3.48. The summed E-state index contributed by atoms with van der Waals surface area (Å²) in [5, 5.41) is 2.97. The highest BCUT2D eigenvalue weighted by Crippen LogP contribution is 2.03. The number of carbonyl (C=O) groups excluding carboxylic acids is 1. The second-order valence-corrected chi connectivity index (χ2v) is 3.14. The van der Waals surface area contributed by atoms with Crippen LogP contribution in [0.5, 0.6) is 0 Å². The molecular formula is C12H17NO3. The molecule has 1 N–H and O–H groups in total. The summed E-state index contributed by atoms with van der Waals surface area (Å²) < 4.78 is 9.99. The fourth-order valence-corrected chi connectivity index (χ4v) is 1.14. The molecule has 0 aliphatic carbocycles. The molecule has 4 heteroatoms. The molecule has 0 atom stereocenters. The minimum Gasteiger partial charge on any atom is -0.462 e. The number of para-hydroxylation sites is 1. The largest absolute Gasteiger partial charge is 0.462 e. The van der Waals surface area contributed by atoms with Crippen molar-refractivity contribution in [1.29, 1.82) is 0 Å². The number of esters is 1. The summed E-state index contributed by atoms with van der Waals surface area (Å²) in [5.74, 6) is -0.274. The number of anilines is 1. The Hall–Kier alpha value is -1.55. The lowest BCUT2D eigenvalue weighted by Gasteiger charge is -2.07. The maximum Gasteiger partial charge on any atom is 0.325 e. The number of ether oxygens (including phenoxy) is 2. The number of hydrogen-bond acceptors (Lipinski definition) is 4. The van der Waals surface area contributed by atoms with Crippen LogP contribution in [-0.2, 0) is 14.3 Å². The summed E-state index contributed by atoms with van der Waals surface area (Å²) in [4.78, 5) is 11.2. The molecule has 4 nitrogen and oxygen atoms in total. The van der Waals surface area contributed by atoms with Gasteiger partial charge in [-0.1, -0.05) is 18.2 Å². The average molecular weight is 223 g/mol. The van der Waals surface area contributed by atoms with E-state index in [1.807, 2.05) is 37.3 Å². The Bertz CT molecular complexity index is 300. The monoisotopic (exact) mass is 223 g/mol. The Morgan fingerprint density at radius 3 is 2.69 bits per heavy atom. The summed E-state index contributed by atoms with van der Waals surface area (Å²) in [6, 6.07) is 9.53. The Morgan fingerprint density at radius 1 is 1.25 bits per heavy atom. The molecule has 0 aliphatic rings. The van der Waals surface area contributed by atoms with Gasteiger partial charge in [0.15, 0.2) is 0 Å². The van der Waals surface area contributed by atoms with Gasteiger partial charge in [-0.2, -0.15) is 0 Å². The van der Waals surface area contributed by atoms with Crippen LogP contribution < -0.4 is 5.32 Å². The number of nitrogens with one attached hydrogen (secondary N) is 1. The maximum atomic E-state index is 11.2. The Balaban J connectivity index is 2.11. The van der Waals surface area contributed by atoms with Gasteiger partial charge in [0, 0.05) is 12.3 Å². The summed E-state index contributed by atoms with van der Waals surface area (Å²) in [7, 11) is 0. The van der Waals surface area contributed by atoms with Crippen molar-refractivity contribution in [3.05, 3.63) is 30.3 Å². The second-order valence-electron chi connectivity index (χ2n) is 3.14. The molecule has 0 radical (unpaired) electrons. The number of carbonyl (C=O) groups is 1. The molecule has 0 bridgehead atoms. The first-order valence-corrected chi connectivity index (χ1v) is 5.35. The van der Waals surface area contributed by atoms with Crippen molar-refractivity contribution in [3.63, 3.8) is 0 Å². The lowest BCUT2D eigenvalue weighted by molar-refractivity contribution is -0.142. The van der Waals surface area contributed by atoms with Crippen LogP contribution in [0.2, 0.25) is 0 Å². The third-order valence-corrected chi connectivity index (χ3v) is 1.91. The van der Waals surface area contributed by atoms with Crippen LogP contribution >= 0.6 is 0 Å². The van der Waals surface area contributed by atoms with E-state index < -0.39 is 0 Å². The minimum atomic E-state index is -0.274. The van der Waals surface area contributed by atoms with Gasteiger partial charge >= 0.3 is 5.97 Å². The molecule has 0 amide bonds. The quantitative estimate of drug-likeness (QED) is 0.564. The number of hydrogen-bond donors (Lipinski definition) is 1. The summed E-state index contributed by atoms with van der Waals surface area (Å²) in [5.41, 5.74) is 0.907. The fourth-order valence-electron chi connectivity index (χ4n) is 1.14. The predicted octanol–water partition coefficient (Wildman–Crippen LogP) is 1.68. The first-order chi connectivity index (χ1) is 7.83. The first-order valence-electron chi connectivity index (χ1n) is 5.35. The number of benzene rings is 1. The van der Waals surface area contributed by atoms with E-state index >= 15 is 0 Å². The van der Waals surface area contributed by atoms with Crippen LogP contribution in [0.4, 0.5) is 5.69 Å². The number of rotatable bonds is 7. The molecule has 1 aromatic carbocycles. The molecule has 0 aromatic heterocycles. The van der Waals surface area contributed by atoms with Gasteiger partial charge < -0.3 is 14.8 Å². The van der Waals surface area contributed by atoms with E-state index in [2.05, 4.69) is 5.32 Å². The van der Waals surface area contributed by atoms with Gasteiger partial charge in [-0.15, -0.1) is 0 Å². The van der Waals surface area contributed by atoms with Crippen LogP contribution in [0.3, 0.4) is 0 Å². The van der Waals surface area contributed by atoms with Crippen molar-refractivity contribution in [1.82, 2.24) is 0 Å². The molecule has 0 aliphatic heterocycles. The predicted molar refractivity (Wildman–Crippen MR) is 62.4 cm³/mol. The van der Waals surface area contributed by atoms with Crippen molar-refractivity contribution in [2.45, 2.75) is 6.92 Å². The van der Waals surface area contributed by atoms with Crippen molar-refractivity contribution in [3.8, 4) is 0 Å². The van der Waals surface area contributed by atoms with Crippen LogP contribution in [0.1, 0.15) is 6.92 Å². The molecular weight excluding hydrogens is 206 g/mol. The smallest absolute Gasteiger partial charge is 0.325 e. The van der Waals surface area contributed by atoms with Crippen molar-refractivity contribution in [2.24, 2.45) is 0 Å².